The van der Waals surface area contributed by atoms with Crippen molar-refractivity contribution < 1.29 is 14.5 Å². The van der Waals surface area contributed by atoms with Crippen molar-refractivity contribution in [3.63, 3.8) is 0 Å². The number of carbonyl (C=O) groups excluding carboxylic acids is 1. The molecule has 1 aliphatic rings. The van der Waals surface area contributed by atoms with E-state index in [4.69, 9.17) is 9.73 Å². The van der Waals surface area contributed by atoms with Crippen LogP contribution in [0.3, 0.4) is 0 Å². The third-order valence-electron chi connectivity index (χ3n) is 5.62. The number of carbonyl (C=O) groups is 1. The number of rotatable bonds is 12. The fourth-order valence-corrected chi connectivity index (χ4v) is 3.90. The molecule has 0 unspecified atom stereocenters. The highest BCUT2D eigenvalue weighted by molar-refractivity contribution is 5.75. The van der Waals surface area contributed by atoms with Crippen molar-refractivity contribution in [1.82, 2.24) is 25.4 Å². The summed E-state index contributed by atoms with van der Waals surface area (Å²) in [6.07, 6.45) is 9.91. The molecule has 1 aromatic rings. The van der Waals surface area contributed by atoms with Gasteiger partial charge in [0.05, 0.1) is 6.54 Å². The van der Waals surface area contributed by atoms with Crippen molar-refractivity contribution in [3.8, 4) is 0 Å². The first kappa shape index (κ1) is 22.8. The highest BCUT2D eigenvalue weighted by Crippen LogP contribution is 2.31. The van der Waals surface area contributed by atoms with Crippen LogP contribution in [-0.2, 0) is 11.3 Å². The summed E-state index contributed by atoms with van der Waals surface area (Å²) in [5, 5.41) is 13.0. The molecule has 1 fully saturated rings. The summed E-state index contributed by atoms with van der Waals surface area (Å²) < 4.78 is 5.48. The Balaban J connectivity index is 1.88. The Morgan fingerprint density at radius 1 is 1.25 bits per heavy atom. The summed E-state index contributed by atoms with van der Waals surface area (Å²) in [5.74, 6) is 1.39. The molecule has 0 aromatic carbocycles. The number of likely N-dealkylation sites (N-methyl/N-ethyl adjacent to an activating group) is 2. The average molecular weight is 396 g/mol. The fourth-order valence-electron chi connectivity index (χ4n) is 3.90. The van der Waals surface area contributed by atoms with Gasteiger partial charge in [0.15, 0.2) is 5.82 Å². The van der Waals surface area contributed by atoms with Crippen molar-refractivity contribution in [1.29, 1.82) is 0 Å². The van der Waals surface area contributed by atoms with E-state index in [2.05, 4.69) is 19.9 Å². The smallest absolute Gasteiger partial charge is 0.244 e. The quantitative estimate of drug-likeness (QED) is 0.415. The van der Waals surface area contributed by atoms with Crippen molar-refractivity contribution in [2.45, 2.75) is 70.3 Å². The maximum Gasteiger partial charge on any atom is 0.244 e. The van der Waals surface area contributed by atoms with Crippen LogP contribution in [0.25, 0.3) is 0 Å². The number of hydrogen-bond donors (Lipinski definition) is 2. The first-order valence-corrected chi connectivity index (χ1v) is 10.6. The molecule has 1 saturated carbocycles. The van der Waals surface area contributed by atoms with Crippen LogP contribution in [0.5, 0.6) is 0 Å². The first-order chi connectivity index (χ1) is 13.5. The second-order valence-electron chi connectivity index (χ2n) is 8.46. The van der Waals surface area contributed by atoms with Gasteiger partial charge in [-0.3, -0.25) is 14.9 Å². The fraction of sp³-hybridized carbons (Fsp3) is 0.850. The summed E-state index contributed by atoms with van der Waals surface area (Å²) in [7, 11) is 6.12. The third-order valence-corrected chi connectivity index (χ3v) is 5.62. The molecule has 0 aliphatic heterocycles. The van der Waals surface area contributed by atoms with Gasteiger partial charge in [-0.05, 0) is 33.5 Å². The molecule has 8 nitrogen and oxygen atoms in total. The number of amides is 1. The SMILES string of the molecule is CN(C)CCN(C)Cc1noc([C@H](CCCC2CCCCC2)CC(=O)NO)n1. The number of nitrogens with zero attached hydrogens (tertiary/aromatic N) is 4. The van der Waals surface area contributed by atoms with Crippen molar-refractivity contribution in [3.05, 3.63) is 11.7 Å². The van der Waals surface area contributed by atoms with Crippen LogP contribution in [0.4, 0.5) is 0 Å². The topological polar surface area (TPSA) is 94.7 Å². The normalized spacial score (nSPS) is 16.6. The zero-order chi connectivity index (χ0) is 20.4. The maximum atomic E-state index is 11.7. The van der Waals surface area contributed by atoms with E-state index in [-0.39, 0.29) is 12.3 Å². The lowest BCUT2D eigenvalue weighted by Crippen LogP contribution is -2.28. The van der Waals surface area contributed by atoms with Gasteiger partial charge in [-0.2, -0.15) is 4.98 Å². The van der Waals surface area contributed by atoms with Crippen LogP contribution >= 0.6 is 0 Å². The molecule has 28 heavy (non-hydrogen) atoms. The van der Waals surface area contributed by atoms with Crippen LogP contribution in [0, 0.1) is 5.92 Å². The molecule has 1 amide bonds. The molecule has 1 aliphatic carbocycles. The van der Waals surface area contributed by atoms with E-state index in [0.29, 0.717) is 18.3 Å². The van der Waals surface area contributed by atoms with Crippen molar-refractivity contribution in [2.75, 3.05) is 34.2 Å². The second-order valence-corrected chi connectivity index (χ2v) is 8.46. The lowest BCUT2D eigenvalue weighted by molar-refractivity contribution is -0.129. The molecule has 8 heteroatoms. The summed E-state index contributed by atoms with van der Waals surface area (Å²) in [6, 6.07) is 0. The molecule has 1 aromatic heterocycles. The van der Waals surface area contributed by atoms with E-state index in [1.807, 2.05) is 21.1 Å². The van der Waals surface area contributed by atoms with E-state index in [0.717, 1.165) is 31.8 Å². The maximum absolute atomic E-state index is 11.7. The van der Waals surface area contributed by atoms with E-state index in [1.54, 1.807) is 5.48 Å². The number of nitrogens with one attached hydrogen (secondary N) is 1. The van der Waals surface area contributed by atoms with Crippen LogP contribution in [0.15, 0.2) is 4.52 Å². The Labute approximate surface area is 168 Å². The van der Waals surface area contributed by atoms with Gasteiger partial charge in [-0.1, -0.05) is 50.1 Å². The first-order valence-electron chi connectivity index (χ1n) is 10.6. The Morgan fingerprint density at radius 3 is 2.68 bits per heavy atom. The lowest BCUT2D eigenvalue weighted by Gasteiger charge is -2.22. The van der Waals surface area contributed by atoms with Gasteiger partial charge in [0.1, 0.15) is 0 Å². The molecule has 0 radical (unpaired) electrons. The zero-order valence-electron chi connectivity index (χ0n) is 17.7. The van der Waals surface area contributed by atoms with Gasteiger partial charge < -0.3 is 9.42 Å². The largest absolute Gasteiger partial charge is 0.339 e. The van der Waals surface area contributed by atoms with E-state index in [9.17, 15) is 4.79 Å². The van der Waals surface area contributed by atoms with Crippen LogP contribution in [-0.4, -0.2) is 65.3 Å². The van der Waals surface area contributed by atoms with Crippen LogP contribution < -0.4 is 5.48 Å². The van der Waals surface area contributed by atoms with E-state index >= 15 is 0 Å². The van der Waals surface area contributed by atoms with Gasteiger partial charge in [0.2, 0.25) is 11.8 Å². The van der Waals surface area contributed by atoms with Gasteiger partial charge in [0.25, 0.3) is 0 Å². The minimum absolute atomic E-state index is 0.149. The zero-order valence-corrected chi connectivity index (χ0v) is 17.7. The van der Waals surface area contributed by atoms with Crippen LogP contribution in [0.2, 0.25) is 0 Å². The molecular formula is C20H37N5O3. The summed E-state index contributed by atoms with van der Waals surface area (Å²) >= 11 is 0. The Hall–Kier alpha value is -1.51. The summed E-state index contributed by atoms with van der Waals surface area (Å²) in [4.78, 5) is 20.5. The predicted octanol–water partition coefficient (Wildman–Crippen LogP) is 2.79. The van der Waals surface area contributed by atoms with Crippen LogP contribution in [0.1, 0.15) is 75.4 Å². The average Bonchev–Trinajstić information content (AvgIpc) is 3.14. The monoisotopic (exact) mass is 395 g/mol. The second kappa shape index (κ2) is 12.1. The van der Waals surface area contributed by atoms with E-state index < -0.39 is 5.91 Å². The molecule has 2 N–H and O–H groups in total. The third kappa shape index (κ3) is 8.24. The highest BCUT2D eigenvalue weighted by Gasteiger charge is 2.23. The molecule has 0 bridgehead atoms. The summed E-state index contributed by atoms with van der Waals surface area (Å²) in [5.41, 5.74) is 1.73. The van der Waals surface area contributed by atoms with Gasteiger partial charge in [-0.15, -0.1) is 0 Å². The molecule has 1 atom stereocenters. The van der Waals surface area contributed by atoms with Gasteiger partial charge in [0, 0.05) is 25.4 Å². The summed E-state index contributed by atoms with van der Waals surface area (Å²) in [6.45, 7) is 2.48. The van der Waals surface area contributed by atoms with Gasteiger partial charge in [-0.25, -0.2) is 5.48 Å². The minimum Gasteiger partial charge on any atom is -0.339 e. The molecule has 0 saturated heterocycles. The molecule has 2 rings (SSSR count). The lowest BCUT2D eigenvalue weighted by atomic mass is 9.84. The Morgan fingerprint density at radius 2 is 2.00 bits per heavy atom. The molecule has 0 spiro atoms. The van der Waals surface area contributed by atoms with Crippen molar-refractivity contribution >= 4 is 5.91 Å². The Kier molecular flexibility index (Phi) is 9.87. The number of hydrogen-bond acceptors (Lipinski definition) is 7. The molecular weight excluding hydrogens is 358 g/mol. The number of aromatic nitrogens is 2. The minimum atomic E-state index is -0.412. The predicted molar refractivity (Wildman–Crippen MR) is 107 cm³/mol. The molecule has 1 heterocycles. The van der Waals surface area contributed by atoms with E-state index in [1.165, 1.54) is 38.5 Å². The van der Waals surface area contributed by atoms with Gasteiger partial charge >= 0.3 is 0 Å². The number of hydroxylamine groups is 1. The standard InChI is InChI=1S/C20H37N5O3/c1-24(2)12-13-25(3)15-18-21-20(28-23-18)17(14-19(26)22-27)11-7-10-16-8-5-4-6-9-16/h16-17,27H,4-15H2,1-3H3,(H,22,26)/t17-/m1/s1. The molecule has 160 valence electrons. The Bertz CT molecular complexity index is 572. The highest BCUT2D eigenvalue weighted by atomic mass is 16.5. The van der Waals surface area contributed by atoms with Crippen molar-refractivity contribution in [2.24, 2.45) is 5.92 Å².